The molecule has 0 aliphatic rings. The Labute approximate surface area is 423 Å². The van der Waals surface area contributed by atoms with Crippen LogP contribution in [0.5, 0.6) is 0 Å². The fourth-order valence-corrected chi connectivity index (χ4v) is 6.77. The predicted octanol–water partition coefficient (Wildman–Crippen LogP) is 18.4. The minimum Gasteiger partial charge on any atom is -0.462 e. The Bertz CT molecular complexity index is 1560. The van der Waals surface area contributed by atoms with Crippen molar-refractivity contribution in [2.45, 2.75) is 219 Å². The Morgan fingerprint density at radius 1 is 0.304 bits per heavy atom. The maximum absolute atomic E-state index is 12.8. The Morgan fingerprint density at radius 3 is 0.942 bits per heavy atom. The molecule has 0 unspecified atom stereocenters. The third-order valence-corrected chi connectivity index (χ3v) is 10.8. The summed E-state index contributed by atoms with van der Waals surface area (Å²) in [5.74, 6) is -1.04. The van der Waals surface area contributed by atoms with E-state index in [1.165, 1.54) is 25.7 Å². The van der Waals surface area contributed by atoms with E-state index in [1.807, 2.05) is 0 Å². The van der Waals surface area contributed by atoms with Crippen LogP contribution in [0.3, 0.4) is 0 Å². The number of carbonyl (C=O) groups excluding carboxylic acids is 3. The van der Waals surface area contributed by atoms with E-state index in [9.17, 15) is 14.4 Å². The summed E-state index contributed by atoms with van der Waals surface area (Å²) in [5, 5.41) is 0. The van der Waals surface area contributed by atoms with Gasteiger partial charge in [-0.1, -0.05) is 205 Å². The molecule has 0 rings (SSSR count). The molecule has 6 heteroatoms. The van der Waals surface area contributed by atoms with E-state index in [-0.39, 0.29) is 37.5 Å². The van der Waals surface area contributed by atoms with Crippen molar-refractivity contribution in [2.24, 2.45) is 0 Å². The Balaban J connectivity index is 4.59. The number of unbranched alkanes of at least 4 members (excludes halogenated alkanes) is 12. The molecule has 69 heavy (non-hydrogen) atoms. The highest BCUT2D eigenvalue weighted by molar-refractivity contribution is 5.71. The molecule has 1 atom stereocenters. The molecule has 6 nitrogen and oxygen atoms in total. The van der Waals surface area contributed by atoms with Crippen LogP contribution in [0.15, 0.2) is 146 Å². The van der Waals surface area contributed by atoms with Crippen molar-refractivity contribution in [3.63, 3.8) is 0 Å². The molecule has 0 heterocycles. The highest BCUT2D eigenvalue weighted by Crippen LogP contribution is 2.11. The van der Waals surface area contributed by atoms with Gasteiger partial charge in [0.1, 0.15) is 13.2 Å². The Kier molecular flexibility index (Phi) is 52.1. The first kappa shape index (κ1) is 64.3. The van der Waals surface area contributed by atoms with Gasteiger partial charge in [0.25, 0.3) is 0 Å². The molecule has 0 aromatic carbocycles. The predicted molar refractivity (Wildman–Crippen MR) is 297 cm³/mol. The summed E-state index contributed by atoms with van der Waals surface area (Å²) in [5.41, 5.74) is 0. The van der Waals surface area contributed by atoms with Crippen molar-refractivity contribution in [1.29, 1.82) is 0 Å². The highest BCUT2D eigenvalue weighted by Gasteiger charge is 2.19. The maximum Gasteiger partial charge on any atom is 0.306 e. The molecule has 0 saturated heterocycles. The number of ether oxygens (including phenoxy) is 3. The molecule has 0 radical (unpaired) electrons. The van der Waals surface area contributed by atoms with E-state index in [0.717, 1.165) is 141 Å². The molecule has 0 N–H and O–H groups in total. The standard InChI is InChI=1S/C63H98O6/c1-4-7-10-13-16-19-22-25-28-30-31-33-35-38-41-44-47-50-53-56-62(65)68-59-60(58-67-61(64)55-52-49-46-43-40-37-34-27-24-21-18-15-12-9-6-3)69-63(66)57-54-51-48-45-42-39-36-32-29-26-23-20-17-14-11-8-5-2/h7,9-10,12,16-21,25-29,31,33-34,36,38-39,41,45,48,60H,4-6,8,11,13-15,22-24,30,32,35,37,40,42-44,46-47,49-59H2,1-3H3/b10-7-,12-9-,19-16-,20-17-,21-18-,28-25-,29-26-,33-31-,34-27-,39-36-,41-38-,48-45-/t60-/m1/s1. The number of hydrogen-bond acceptors (Lipinski definition) is 6. The van der Waals surface area contributed by atoms with E-state index in [0.29, 0.717) is 19.3 Å². The molecule has 0 aromatic rings. The van der Waals surface area contributed by atoms with Crippen LogP contribution in [-0.2, 0) is 28.6 Å². The largest absolute Gasteiger partial charge is 0.462 e. The first-order valence-electron chi connectivity index (χ1n) is 27.3. The lowest BCUT2D eigenvalue weighted by Crippen LogP contribution is -2.30. The maximum atomic E-state index is 12.8. The number of carbonyl (C=O) groups is 3. The lowest BCUT2D eigenvalue weighted by Gasteiger charge is -2.18. The summed E-state index contributed by atoms with van der Waals surface area (Å²) in [6.45, 7) is 6.27. The van der Waals surface area contributed by atoms with Crippen LogP contribution in [0.4, 0.5) is 0 Å². The van der Waals surface area contributed by atoms with E-state index in [1.54, 1.807) is 0 Å². The summed E-state index contributed by atoms with van der Waals surface area (Å²) in [7, 11) is 0. The van der Waals surface area contributed by atoms with Crippen LogP contribution in [0, 0.1) is 0 Å². The zero-order valence-electron chi connectivity index (χ0n) is 44.0. The average Bonchev–Trinajstić information content (AvgIpc) is 3.35. The van der Waals surface area contributed by atoms with Gasteiger partial charge >= 0.3 is 17.9 Å². The molecule has 0 aromatic heterocycles. The zero-order valence-corrected chi connectivity index (χ0v) is 44.0. The van der Waals surface area contributed by atoms with Crippen molar-refractivity contribution >= 4 is 17.9 Å². The second-order valence-corrected chi connectivity index (χ2v) is 17.4. The summed E-state index contributed by atoms with van der Waals surface area (Å²) < 4.78 is 16.7. The molecule has 0 saturated carbocycles. The third kappa shape index (κ3) is 54.1. The number of esters is 3. The van der Waals surface area contributed by atoms with Gasteiger partial charge in [-0.2, -0.15) is 0 Å². The summed E-state index contributed by atoms with van der Waals surface area (Å²) >= 11 is 0. The van der Waals surface area contributed by atoms with Crippen LogP contribution in [-0.4, -0.2) is 37.2 Å². The molecule has 0 aliphatic heterocycles. The molecule has 386 valence electrons. The minimum atomic E-state index is -0.835. The van der Waals surface area contributed by atoms with Gasteiger partial charge in [0.05, 0.1) is 0 Å². The quantitative estimate of drug-likeness (QED) is 0.0262. The van der Waals surface area contributed by atoms with Crippen LogP contribution in [0.2, 0.25) is 0 Å². The zero-order chi connectivity index (χ0) is 50.0. The minimum absolute atomic E-state index is 0.126. The molecule has 0 amide bonds. The van der Waals surface area contributed by atoms with E-state index >= 15 is 0 Å². The molecule has 0 spiro atoms. The van der Waals surface area contributed by atoms with Crippen LogP contribution in [0.25, 0.3) is 0 Å². The van der Waals surface area contributed by atoms with Gasteiger partial charge in [-0.05, 0) is 135 Å². The second kappa shape index (κ2) is 55.9. The smallest absolute Gasteiger partial charge is 0.306 e. The molecule has 0 bridgehead atoms. The number of rotatable bonds is 47. The molecular weight excluding hydrogens is 853 g/mol. The van der Waals surface area contributed by atoms with Gasteiger partial charge in [0.15, 0.2) is 6.10 Å². The Morgan fingerprint density at radius 2 is 0.580 bits per heavy atom. The lowest BCUT2D eigenvalue weighted by molar-refractivity contribution is -0.167. The monoisotopic (exact) mass is 951 g/mol. The lowest BCUT2D eigenvalue weighted by atomic mass is 10.1. The van der Waals surface area contributed by atoms with Crippen molar-refractivity contribution in [3.05, 3.63) is 146 Å². The van der Waals surface area contributed by atoms with Crippen LogP contribution in [0.1, 0.15) is 213 Å². The van der Waals surface area contributed by atoms with Gasteiger partial charge in [-0.15, -0.1) is 0 Å². The van der Waals surface area contributed by atoms with Crippen molar-refractivity contribution in [1.82, 2.24) is 0 Å². The molecular formula is C63H98O6. The van der Waals surface area contributed by atoms with Gasteiger partial charge < -0.3 is 14.2 Å². The molecule has 0 fully saturated rings. The van der Waals surface area contributed by atoms with Gasteiger partial charge in [-0.25, -0.2) is 0 Å². The van der Waals surface area contributed by atoms with Crippen molar-refractivity contribution in [3.8, 4) is 0 Å². The topological polar surface area (TPSA) is 78.9 Å². The van der Waals surface area contributed by atoms with E-state index < -0.39 is 6.10 Å². The van der Waals surface area contributed by atoms with Crippen molar-refractivity contribution in [2.75, 3.05) is 13.2 Å². The SMILES string of the molecule is CC/C=C\C/C=C\C/C=C\C/C=C\C/C=C\CCCCCC(=O)OC[C@@H](COC(=O)CCCCCCC/C=C\C/C=C\C/C=C\CC)OC(=O)CCC/C=C\C/C=C\C/C=C\C/C=C\CCCCC. The van der Waals surface area contributed by atoms with E-state index in [2.05, 4.69) is 167 Å². The summed E-state index contributed by atoms with van der Waals surface area (Å²) in [6.07, 6.45) is 79.8. The molecule has 0 aliphatic carbocycles. The highest BCUT2D eigenvalue weighted by atomic mass is 16.6. The van der Waals surface area contributed by atoms with Crippen LogP contribution >= 0.6 is 0 Å². The average molecular weight is 951 g/mol. The summed E-state index contributed by atoms with van der Waals surface area (Å²) in [4.78, 5) is 38.1. The first-order valence-corrected chi connectivity index (χ1v) is 27.3. The van der Waals surface area contributed by atoms with Crippen LogP contribution < -0.4 is 0 Å². The van der Waals surface area contributed by atoms with Gasteiger partial charge in [0.2, 0.25) is 0 Å². The fraction of sp³-hybridized carbons (Fsp3) is 0.571. The number of hydrogen-bond donors (Lipinski definition) is 0. The second-order valence-electron chi connectivity index (χ2n) is 17.4. The van der Waals surface area contributed by atoms with Gasteiger partial charge in [0, 0.05) is 19.3 Å². The Hall–Kier alpha value is -4.71. The van der Waals surface area contributed by atoms with Gasteiger partial charge in [-0.3, -0.25) is 14.4 Å². The normalized spacial score (nSPS) is 13.3. The third-order valence-electron chi connectivity index (χ3n) is 10.8. The number of allylic oxidation sites excluding steroid dienone is 24. The van der Waals surface area contributed by atoms with Crippen molar-refractivity contribution < 1.29 is 28.6 Å². The van der Waals surface area contributed by atoms with E-state index in [4.69, 9.17) is 14.2 Å². The summed E-state index contributed by atoms with van der Waals surface area (Å²) in [6, 6.07) is 0. The first-order chi connectivity index (χ1) is 34.0. The fourth-order valence-electron chi connectivity index (χ4n) is 6.77.